The second-order valence-electron chi connectivity index (χ2n) is 5.63. The Kier molecular flexibility index (Phi) is 5.93. The summed E-state index contributed by atoms with van der Waals surface area (Å²) in [6, 6.07) is 5.37. The first-order valence-corrected chi connectivity index (χ1v) is 7.63. The van der Waals surface area contributed by atoms with Crippen molar-refractivity contribution in [2.24, 2.45) is 0 Å². The molecular weight excluding hydrogens is 325 g/mol. The molecule has 0 radical (unpaired) electrons. The van der Waals surface area contributed by atoms with E-state index in [4.69, 9.17) is 9.47 Å². The number of ether oxygens (including phenoxy) is 2. The van der Waals surface area contributed by atoms with Crippen molar-refractivity contribution in [3.8, 4) is 11.5 Å². The molecule has 134 valence electrons. The fourth-order valence-corrected chi connectivity index (χ4v) is 2.90. The van der Waals surface area contributed by atoms with Gasteiger partial charge in [0.05, 0.1) is 20.8 Å². The van der Waals surface area contributed by atoms with Gasteiger partial charge in [0.25, 0.3) is 0 Å². The smallest absolute Gasteiger partial charge is 0.405 e. The Hall–Kier alpha value is -1.96. The summed E-state index contributed by atoms with van der Waals surface area (Å²) < 4.78 is 47.1. The molecule has 1 aromatic carbocycles. The molecule has 1 aliphatic heterocycles. The monoisotopic (exact) mass is 346 g/mol. The van der Waals surface area contributed by atoms with Crippen LogP contribution in [0, 0.1) is 0 Å². The van der Waals surface area contributed by atoms with Crippen LogP contribution < -0.4 is 14.8 Å². The van der Waals surface area contributed by atoms with Gasteiger partial charge < -0.3 is 14.8 Å². The van der Waals surface area contributed by atoms with Gasteiger partial charge in [0.2, 0.25) is 5.91 Å². The summed E-state index contributed by atoms with van der Waals surface area (Å²) in [5.41, 5.74) is 0.902. The Bertz CT molecular complexity index is 578. The number of carbonyl (C=O) groups excluding carboxylic acids is 1. The van der Waals surface area contributed by atoms with Crippen LogP contribution in [-0.4, -0.2) is 50.8 Å². The van der Waals surface area contributed by atoms with Gasteiger partial charge in [-0.25, -0.2) is 0 Å². The Balaban J connectivity index is 2.06. The standard InChI is InChI=1S/C16H21F3N2O3/c1-23-11-5-6-12(14(8-11)24-2)13-4-3-7-21(13)9-15(22)20-10-16(17,18)19/h5-6,8,13H,3-4,7,9-10H2,1-2H3,(H,20,22). The van der Waals surface area contributed by atoms with Crippen molar-refractivity contribution in [2.45, 2.75) is 25.1 Å². The van der Waals surface area contributed by atoms with Crippen LogP contribution >= 0.6 is 0 Å². The number of benzene rings is 1. The maximum Gasteiger partial charge on any atom is 0.405 e. The molecule has 24 heavy (non-hydrogen) atoms. The Morgan fingerprint density at radius 1 is 1.33 bits per heavy atom. The largest absolute Gasteiger partial charge is 0.497 e. The summed E-state index contributed by atoms with van der Waals surface area (Å²) in [4.78, 5) is 13.6. The summed E-state index contributed by atoms with van der Waals surface area (Å²) in [6.07, 6.45) is -2.72. The van der Waals surface area contributed by atoms with E-state index in [-0.39, 0.29) is 12.6 Å². The minimum absolute atomic E-state index is 0.0671. The summed E-state index contributed by atoms with van der Waals surface area (Å²) in [5, 5.41) is 1.91. The van der Waals surface area contributed by atoms with E-state index < -0.39 is 18.6 Å². The van der Waals surface area contributed by atoms with E-state index in [0.717, 1.165) is 18.4 Å². The Labute approximate surface area is 138 Å². The highest BCUT2D eigenvalue weighted by Crippen LogP contribution is 2.38. The molecule has 1 fully saturated rings. The lowest BCUT2D eigenvalue weighted by Crippen LogP contribution is -2.40. The lowest BCUT2D eigenvalue weighted by molar-refractivity contribution is -0.139. The minimum Gasteiger partial charge on any atom is -0.497 e. The molecule has 0 bridgehead atoms. The molecule has 1 amide bonds. The fraction of sp³-hybridized carbons (Fsp3) is 0.562. The number of hydrogen-bond donors (Lipinski definition) is 1. The van der Waals surface area contributed by atoms with Crippen molar-refractivity contribution >= 4 is 5.91 Å². The van der Waals surface area contributed by atoms with Gasteiger partial charge in [-0.2, -0.15) is 13.2 Å². The third-order valence-electron chi connectivity index (χ3n) is 4.00. The van der Waals surface area contributed by atoms with E-state index in [0.29, 0.717) is 18.0 Å². The normalized spacial score (nSPS) is 18.5. The van der Waals surface area contributed by atoms with Crippen LogP contribution in [0.4, 0.5) is 13.2 Å². The lowest BCUT2D eigenvalue weighted by atomic mass is 10.0. The summed E-state index contributed by atoms with van der Waals surface area (Å²) in [6.45, 7) is -0.731. The lowest BCUT2D eigenvalue weighted by Gasteiger charge is -2.26. The number of likely N-dealkylation sites (tertiary alicyclic amines) is 1. The summed E-state index contributed by atoms with van der Waals surface area (Å²) >= 11 is 0. The number of carbonyl (C=O) groups is 1. The topological polar surface area (TPSA) is 50.8 Å². The van der Waals surface area contributed by atoms with Crippen LogP contribution in [0.25, 0.3) is 0 Å². The van der Waals surface area contributed by atoms with Gasteiger partial charge >= 0.3 is 6.18 Å². The molecule has 0 aromatic heterocycles. The van der Waals surface area contributed by atoms with Crippen LogP contribution in [0.2, 0.25) is 0 Å². The first-order valence-electron chi connectivity index (χ1n) is 7.63. The number of methoxy groups -OCH3 is 2. The first kappa shape index (κ1) is 18.4. The van der Waals surface area contributed by atoms with Crippen molar-refractivity contribution in [3.63, 3.8) is 0 Å². The highest BCUT2D eigenvalue weighted by Gasteiger charge is 2.32. The molecule has 1 saturated heterocycles. The van der Waals surface area contributed by atoms with Crippen LogP contribution in [0.1, 0.15) is 24.4 Å². The SMILES string of the molecule is COc1ccc(C2CCCN2CC(=O)NCC(F)(F)F)c(OC)c1. The molecule has 1 unspecified atom stereocenters. The number of amides is 1. The summed E-state index contributed by atoms with van der Waals surface area (Å²) in [7, 11) is 3.11. The van der Waals surface area contributed by atoms with Crippen molar-refractivity contribution in [1.82, 2.24) is 10.2 Å². The van der Waals surface area contributed by atoms with Gasteiger partial charge in [-0.1, -0.05) is 6.07 Å². The van der Waals surface area contributed by atoms with Crippen LogP contribution in [0.15, 0.2) is 18.2 Å². The molecular formula is C16H21F3N2O3. The quantitative estimate of drug-likeness (QED) is 0.860. The van der Waals surface area contributed by atoms with Crippen molar-refractivity contribution < 1.29 is 27.4 Å². The van der Waals surface area contributed by atoms with E-state index in [2.05, 4.69) is 0 Å². The van der Waals surface area contributed by atoms with E-state index in [9.17, 15) is 18.0 Å². The number of rotatable bonds is 6. The van der Waals surface area contributed by atoms with Crippen molar-refractivity contribution in [3.05, 3.63) is 23.8 Å². The Morgan fingerprint density at radius 2 is 2.08 bits per heavy atom. The van der Waals surface area contributed by atoms with Crippen LogP contribution in [-0.2, 0) is 4.79 Å². The van der Waals surface area contributed by atoms with Gasteiger partial charge in [0.1, 0.15) is 18.0 Å². The predicted octanol–water partition coefficient (Wildman–Crippen LogP) is 2.52. The molecule has 1 N–H and O–H groups in total. The average Bonchev–Trinajstić information content (AvgIpc) is 2.99. The number of nitrogens with zero attached hydrogens (tertiary/aromatic N) is 1. The molecule has 1 aromatic rings. The fourth-order valence-electron chi connectivity index (χ4n) is 2.90. The average molecular weight is 346 g/mol. The van der Waals surface area contributed by atoms with Crippen LogP contribution in [0.5, 0.6) is 11.5 Å². The van der Waals surface area contributed by atoms with Gasteiger partial charge in [-0.15, -0.1) is 0 Å². The number of halogens is 3. The molecule has 8 heteroatoms. The van der Waals surface area contributed by atoms with Gasteiger partial charge in [-0.3, -0.25) is 9.69 Å². The minimum atomic E-state index is -4.40. The molecule has 1 atom stereocenters. The molecule has 0 aliphatic carbocycles. The number of nitrogens with one attached hydrogen (secondary N) is 1. The molecule has 0 saturated carbocycles. The molecule has 5 nitrogen and oxygen atoms in total. The van der Waals surface area contributed by atoms with Crippen molar-refractivity contribution in [2.75, 3.05) is 33.9 Å². The van der Waals surface area contributed by atoms with E-state index in [1.807, 2.05) is 16.3 Å². The maximum atomic E-state index is 12.2. The number of hydrogen-bond acceptors (Lipinski definition) is 4. The van der Waals surface area contributed by atoms with Gasteiger partial charge in [-0.05, 0) is 25.5 Å². The van der Waals surface area contributed by atoms with E-state index >= 15 is 0 Å². The van der Waals surface area contributed by atoms with Crippen molar-refractivity contribution in [1.29, 1.82) is 0 Å². The maximum absolute atomic E-state index is 12.2. The Morgan fingerprint density at radius 3 is 2.71 bits per heavy atom. The van der Waals surface area contributed by atoms with E-state index in [1.54, 1.807) is 26.4 Å². The predicted molar refractivity (Wildman–Crippen MR) is 82.2 cm³/mol. The highest BCUT2D eigenvalue weighted by atomic mass is 19.4. The van der Waals surface area contributed by atoms with Crippen LogP contribution in [0.3, 0.4) is 0 Å². The second-order valence-corrected chi connectivity index (χ2v) is 5.63. The van der Waals surface area contributed by atoms with E-state index in [1.165, 1.54) is 0 Å². The third kappa shape index (κ3) is 4.77. The molecule has 1 aliphatic rings. The van der Waals surface area contributed by atoms with Gasteiger partial charge in [0.15, 0.2) is 0 Å². The summed E-state index contributed by atoms with van der Waals surface area (Å²) in [5.74, 6) is 0.664. The molecule has 2 rings (SSSR count). The molecule has 0 spiro atoms. The zero-order valence-corrected chi connectivity index (χ0v) is 13.7. The highest BCUT2D eigenvalue weighted by molar-refractivity contribution is 5.78. The first-order chi connectivity index (χ1) is 11.3. The zero-order chi connectivity index (χ0) is 17.7. The molecule has 1 heterocycles. The number of alkyl halides is 3. The third-order valence-corrected chi connectivity index (χ3v) is 4.00. The second kappa shape index (κ2) is 7.74. The zero-order valence-electron chi connectivity index (χ0n) is 13.7. The van der Waals surface area contributed by atoms with Gasteiger partial charge in [0, 0.05) is 17.7 Å².